The summed E-state index contributed by atoms with van der Waals surface area (Å²) in [5.41, 5.74) is 19.5. The fourth-order valence-electron chi connectivity index (χ4n) is 9.39. The summed E-state index contributed by atoms with van der Waals surface area (Å²) in [6, 6.07) is 34.1. The molecule has 0 bridgehead atoms. The van der Waals surface area contributed by atoms with Crippen LogP contribution in [0.5, 0.6) is 0 Å². The summed E-state index contributed by atoms with van der Waals surface area (Å²) in [5, 5.41) is 2.37. The highest BCUT2D eigenvalue weighted by atomic mass is 16.3. The van der Waals surface area contributed by atoms with Crippen LogP contribution in [0, 0.1) is 19.3 Å². The van der Waals surface area contributed by atoms with Crippen molar-refractivity contribution in [1.82, 2.24) is 0 Å². The Morgan fingerprint density at radius 2 is 1.45 bits per heavy atom. The Hall–Kier alpha value is -5.28. The van der Waals surface area contributed by atoms with Gasteiger partial charge in [0.2, 0.25) is 11.4 Å². The molecule has 0 N–H and O–H groups in total. The second kappa shape index (κ2) is 9.66. The first-order valence-corrected chi connectivity index (χ1v) is 17.6. The number of nitrogens with zero attached hydrogens (tertiary/aromatic N) is 2. The quantitative estimate of drug-likeness (QED) is 0.173. The molecule has 0 radical (unpaired) electrons. The summed E-state index contributed by atoms with van der Waals surface area (Å²) in [6.07, 6.45) is 9.02. The molecule has 238 valence electrons. The first-order valence-electron chi connectivity index (χ1n) is 17.6. The van der Waals surface area contributed by atoms with Crippen molar-refractivity contribution >= 4 is 28.0 Å². The number of aryl methyl sites for hydroxylation is 2. The van der Waals surface area contributed by atoms with Crippen molar-refractivity contribution in [2.75, 3.05) is 0 Å². The lowest BCUT2D eigenvalue weighted by Crippen LogP contribution is -2.71. The fourth-order valence-corrected chi connectivity index (χ4v) is 9.39. The monoisotopic (exact) mass is 636 g/mol. The van der Waals surface area contributed by atoms with E-state index in [0.717, 1.165) is 24.0 Å². The minimum Gasteiger partial charge on any atom is -0.454 e. The average Bonchev–Trinajstić information content (AvgIpc) is 3.79. The molecule has 3 nitrogen and oxygen atoms in total. The maximum atomic E-state index is 7.15. The highest BCUT2D eigenvalue weighted by Crippen LogP contribution is 2.52. The van der Waals surface area contributed by atoms with Crippen molar-refractivity contribution < 1.29 is 13.6 Å². The zero-order chi connectivity index (χ0) is 33.4. The Balaban J connectivity index is 1.40. The highest BCUT2D eigenvalue weighted by Gasteiger charge is 2.67. The third-order valence-corrected chi connectivity index (χ3v) is 11.2. The number of hydrogen-bond donors (Lipinski definition) is 0. The first kappa shape index (κ1) is 28.7. The van der Waals surface area contributed by atoms with E-state index < -0.39 is 5.66 Å². The third kappa shape index (κ3) is 3.73. The summed E-state index contributed by atoms with van der Waals surface area (Å²) in [7, 11) is 0. The van der Waals surface area contributed by atoms with Crippen molar-refractivity contribution in [2.45, 2.75) is 60.0 Å². The summed E-state index contributed by atoms with van der Waals surface area (Å²) in [4.78, 5) is 0. The van der Waals surface area contributed by atoms with Gasteiger partial charge in [0, 0.05) is 40.1 Å². The van der Waals surface area contributed by atoms with Gasteiger partial charge in [0.15, 0.2) is 12.4 Å². The van der Waals surface area contributed by atoms with Gasteiger partial charge in [-0.05, 0) is 97.2 Å². The van der Waals surface area contributed by atoms with Crippen molar-refractivity contribution in [3.8, 4) is 33.6 Å². The van der Waals surface area contributed by atoms with Gasteiger partial charge in [0.1, 0.15) is 27.9 Å². The predicted molar refractivity (Wildman–Crippen MR) is 198 cm³/mol. The van der Waals surface area contributed by atoms with Gasteiger partial charge in [-0.2, -0.15) is 0 Å². The number of fused-ring (bicyclic) bond motifs is 16. The molecule has 49 heavy (non-hydrogen) atoms. The van der Waals surface area contributed by atoms with Crippen LogP contribution in [0.4, 0.5) is 0 Å². The highest BCUT2D eigenvalue weighted by molar-refractivity contribution is 6.12. The molecule has 7 aromatic rings. The smallest absolute Gasteiger partial charge is 0.417 e. The molecule has 0 saturated carbocycles. The lowest BCUT2D eigenvalue weighted by Gasteiger charge is -2.23. The number of allylic oxidation sites excluding steroid dienone is 1. The SMILES string of the molecule is CC1=Cc2c(ccc3c2oc2c4c(ccc23)C2(c3ccccc3-c3cccc[n+]32)[n+]2cc(-c3c(C)cccc3C)c(CC(C)(C)C)cc2-4)C1. The molecular formula is C46H40N2O+2. The van der Waals surface area contributed by atoms with E-state index >= 15 is 0 Å². The van der Waals surface area contributed by atoms with Crippen molar-refractivity contribution in [2.24, 2.45) is 5.41 Å². The molecule has 0 fully saturated rings. The first-order chi connectivity index (χ1) is 23.6. The molecule has 1 unspecified atom stereocenters. The molecule has 0 amide bonds. The maximum absolute atomic E-state index is 7.15. The van der Waals surface area contributed by atoms with Crippen LogP contribution in [0.2, 0.25) is 0 Å². The molecule has 10 rings (SSSR count). The summed E-state index contributed by atoms with van der Waals surface area (Å²) >= 11 is 0. The summed E-state index contributed by atoms with van der Waals surface area (Å²) in [6.45, 7) is 13.8. The van der Waals surface area contributed by atoms with E-state index in [1.807, 2.05) is 0 Å². The largest absolute Gasteiger partial charge is 0.454 e. The van der Waals surface area contributed by atoms with E-state index in [1.165, 1.54) is 88.9 Å². The predicted octanol–water partition coefficient (Wildman–Crippen LogP) is 10.3. The van der Waals surface area contributed by atoms with E-state index in [0.29, 0.717) is 0 Å². The average molecular weight is 637 g/mol. The van der Waals surface area contributed by atoms with Crippen LogP contribution < -0.4 is 9.13 Å². The summed E-state index contributed by atoms with van der Waals surface area (Å²) in [5.74, 6) is 0. The molecule has 3 aliphatic rings. The van der Waals surface area contributed by atoms with Gasteiger partial charge in [-0.3, -0.25) is 0 Å². The van der Waals surface area contributed by atoms with Crippen LogP contribution in [0.1, 0.15) is 66.6 Å². The third-order valence-electron chi connectivity index (χ3n) is 11.2. The van der Waals surface area contributed by atoms with Gasteiger partial charge in [-0.25, -0.2) is 0 Å². The standard InChI is InChI=1S/C46H40N2O/c1-27-22-30-17-18-32-33-19-20-38-42(44(33)49-43(32)35(30)23-27)40-24-31(25-45(4,5)6)36(41-28(2)12-11-13-29(41)3)26-48(40)46(38)37-15-8-7-14-34(37)39-16-9-10-21-47(39)46/h7-21,23-24,26H,22,25H2,1-6H3/q+2. The number of hydrogen-bond acceptors (Lipinski definition) is 1. The molecule has 5 heterocycles. The second-order valence-corrected chi connectivity index (χ2v) is 15.8. The van der Waals surface area contributed by atoms with Crippen molar-refractivity contribution in [1.29, 1.82) is 0 Å². The molecule has 0 saturated heterocycles. The van der Waals surface area contributed by atoms with Crippen LogP contribution in [0.25, 0.3) is 61.7 Å². The van der Waals surface area contributed by atoms with Crippen LogP contribution >= 0.6 is 0 Å². The molecular weight excluding hydrogens is 597 g/mol. The molecule has 3 heteroatoms. The van der Waals surface area contributed by atoms with E-state index in [1.54, 1.807) is 0 Å². The molecule has 3 aromatic heterocycles. The minimum absolute atomic E-state index is 0.0980. The zero-order valence-corrected chi connectivity index (χ0v) is 29.1. The molecule has 1 spiro atoms. The molecule has 2 aliphatic heterocycles. The van der Waals surface area contributed by atoms with Gasteiger partial charge >= 0.3 is 5.66 Å². The Kier molecular flexibility index (Phi) is 5.66. The van der Waals surface area contributed by atoms with E-state index in [9.17, 15) is 0 Å². The maximum Gasteiger partial charge on any atom is 0.417 e. The van der Waals surface area contributed by atoms with Crippen molar-refractivity contribution in [3.05, 3.63) is 148 Å². The number of aromatic nitrogens is 2. The minimum atomic E-state index is -0.616. The van der Waals surface area contributed by atoms with Gasteiger partial charge in [0.25, 0.3) is 0 Å². The van der Waals surface area contributed by atoms with E-state index in [2.05, 4.69) is 160 Å². The van der Waals surface area contributed by atoms with Gasteiger partial charge in [0.05, 0.1) is 5.56 Å². The number of rotatable bonds is 2. The Bertz CT molecular complexity index is 2560. The fraction of sp³-hybridized carbons (Fsp3) is 0.217. The molecule has 4 aromatic carbocycles. The van der Waals surface area contributed by atoms with Crippen LogP contribution in [-0.4, -0.2) is 0 Å². The van der Waals surface area contributed by atoms with Crippen molar-refractivity contribution in [3.63, 3.8) is 0 Å². The topological polar surface area (TPSA) is 20.9 Å². The van der Waals surface area contributed by atoms with Crippen LogP contribution in [-0.2, 0) is 18.5 Å². The summed E-state index contributed by atoms with van der Waals surface area (Å²) < 4.78 is 12.2. The van der Waals surface area contributed by atoms with Gasteiger partial charge < -0.3 is 4.42 Å². The van der Waals surface area contributed by atoms with E-state index in [-0.39, 0.29) is 5.41 Å². The normalized spacial score (nSPS) is 17.0. The van der Waals surface area contributed by atoms with Gasteiger partial charge in [-0.1, -0.05) is 74.9 Å². The lowest BCUT2D eigenvalue weighted by molar-refractivity contribution is -0.954. The molecule has 1 atom stereocenters. The van der Waals surface area contributed by atoms with Gasteiger partial charge in [-0.15, -0.1) is 9.13 Å². The molecule has 1 aliphatic carbocycles. The number of pyridine rings is 2. The number of benzene rings is 4. The Morgan fingerprint density at radius 3 is 2.27 bits per heavy atom. The second-order valence-electron chi connectivity index (χ2n) is 15.8. The van der Waals surface area contributed by atoms with Crippen LogP contribution in [0.3, 0.4) is 0 Å². The number of furan rings is 1. The lowest BCUT2D eigenvalue weighted by atomic mass is 9.83. The van der Waals surface area contributed by atoms with E-state index in [4.69, 9.17) is 4.42 Å². The van der Waals surface area contributed by atoms with Crippen LogP contribution in [0.15, 0.2) is 113 Å². The Morgan fingerprint density at radius 1 is 0.694 bits per heavy atom. The zero-order valence-electron chi connectivity index (χ0n) is 29.1. The Labute approximate surface area is 287 Å².